The van der Waals surface area contributed by atoms with Crippen LogP contribution in [0, 0.1) is 11.7 Å². The number of hydrogen-bond acceptors (Lipinski definition) is 3. The lowest BCUT2D eigenvalue weighted by atomic mass is 9.91. The maximum atomic E-state index is 14.7. The van der Waals surface area contributed by atoms with E-state index in [0.717, 1.165) is 25.3 Å². The first-order chi connectivity index (χ1) is 15.8. The van der Waals surface area contributed by atoms with Crippen molar-refractivity contribution in [1.82, 2.24) is 4.31 Å². The largest absolute Gasteiger partial charge is 0.319 e. The third-order valence-corrected chi connectivity index (χ3v) is 7.98. The minimum atomic E-state index is -3.82. The third-order valence-electron chi connectivity index (χ3n) is 5.85. The molecule has 3 aromatic rings. The molecule has 1 heterocycles. The van der Waals surface area contributed by atoms with Crippen molar-refractivity contribution < 1.29 is 17.6 Å². The zero-order valence-corrected chi connectivity index (χ0v) is 19.4. The maximum Gasteiger partial charge on any atom is 0.255 e. The van der Waals surface area contributed by atoms with Gasteiger partial charge in [0.1, 0.15) is 5.82 Å². The van der Waals surface area contributed by atoms with Gasteiger partial charge >= 0.3 is 0 Å². The van der Waals surface area contributed by atoms with Crippen molar-refractivity contribution in [3.05, 3.63) is 94.8 Å². The number of amides is 1. The predicted molar refractivity (Wildman–Crippen MR) is 127 cm³/mol. The van der Waals surface area contributed by atoms with Crippen molar-refractivity contribution in [3.63, 3.8) is 0 Å². The number of anilines is 1. The molecule has 4 rings (SSSR count). The van der Waals surface area contributed by atoms with E-state index in [2.05, 4.69) is 17.4 Å². The summed E-state index contributed by atoms with van der Waals surface area (Å²) in [7, 11) is -3.82. The van der Waals surface area contributed by atoms with Crippen molar-refractivity contribution >= 4 is 33.2 Å². The van der Waals surface area contributed by atoms with E-state index in [1.54, 1.807) is 18.2 Å². The van der Waals surface area contributed by atoms with Crippen molar-refractivity contribution in [3.8, 4) is 0 Å². The zero-order chi connectivity index (χ0) is 23.4. The van der Waals surface area contributed by atoms with Gasteiger partial charge in [-0.3, -0.25) is 4.79 Å². The smallest absolute Gasteiger partial charge is 0.255 e. The number of carbonyl (C=O) groups excluding carboxylic acids is 1. The van der Waals surface area contributed by atoms with Crippen molar-refractivity contribution in [2.75, 3.05) is 18.4 Å². The van der Waals surface area contributed by atoms with Crippen LogP contribution in [0.1, 0.15) is 28.8 Å². The Hall–Kier alpha value is -2.74. The number of nitrogens with zero attached hydrogens (tertiary/aromatic N) is 1. The highest BCUT2D eigenvalue weighted by molar-refractivity contribution is 7.89. The van der Waals surface area contributed by atoms with Crippen LogP contribution in [0.2, 0.25) is 5.02 Å². The Morgan fingerprint density at radius 1 is 1.00 bits per heavy atom. The highest BCUT2D eigenvalue weighted by atomic mass is 35.5. The number of benzene rings is 3. The number of carbonyl (C=O) groups is 1. The van der Waals surface area contributed by atoms with Crippen LogP contribution >= 0.6 is 11.6 Å². The summed E-state index contributed by atoms with van der Waals surface area (Å²) in [6.45, 7) is 0.795. The van der Waals surface area contributed by atoms with Gasteiger partial charge in [-0.1, -0.05) is 48.0 Å². The van der Waals surface area contributed by atoms with Crippen LogP contribution in [0.4, 0.5) is 10.1 Å². The van der Waals surface area contributed by atoms with Gasteiger partial charge in [0, 0.05) is 23.7 Å². The maximum absolute atomic E-state index is 14.7. The fourth-order valence-electron chi connectivity index (χ4n) is 4.03. The van der Waals surface area contributed by atoms with E-state index in [9.17, 15) is 17.6 Å². The number of hydrogen-bond donors (Lipinski definition) is 1. The third kappa shape index (κ3) is 5.61. The standard InChI is InChI=1S/C25H24ClFN2O3S/c26-21-8-4-7-20(16-21)25(30)28-24-10-9-22(17-23(24)27)33(31,32)29-13-11-19(12-14-29)15-18-5-2-1-3-6-18/h1-10,16-17,19H,11-15H2,(H,28,30). The van der Waals surface area contributed by atoms with E-state index in [-0.39, 0.29) is 16.1 Å². The molecule has 8 heteroatoms. The number of nitrogens with one attached hydrogen (secondary N) is 1. The molecule has 1 fully saturated rings. The summed E-state index contributed by atoms with van der Waals surface area (Å²) in [5.74, 6) is -0.933. The van der Waals surface area contributed by atoms with Gasteiger partial charge in [-0.05, 0) is 67.1 Å². The van der Waals surface area contributed by atoms with Gasteiger partial charge < -0.3 is 5.32 Å². The second kappa shape index (κ2) is 10.0. The molecule has 1 saturated heterocycles. The molecule has 1 amide bonds. The Balaban J connectivity index is 1.41. The second-order valence-corrected chi connectivity index (χ2v) is 10.5. The van der Waals surface area contributed by atoms with Crippen LogP contribution in [0.3, 0.4) is 0 Å². The molecule has 0 atom stereocenters. The van der Waals surface area contributed by atoms with Crippen LogP contribution in [-0.4, -0.2) is 31.7 Å². The normalized spacial score (nSPS) is 15.3. The summed E-state index contributed by atoms with van der Waals surface area (Å²) < 4.78 is 42.2. The molecule has 0 aliphatic carbocycles. The molecular formula is C25H24ClFN2O3S. The molecule has 33 heavy (non-hydrogen) atoms. The predicted octanol–water partition coefficient (Wildman–Crippen LogP) is 5.37. The molecule has 1 aliphatic rings. The van der Waals surface area contributed by atoms with Crippen LogP contribution in [-0.2, 0) is 16.4 Å². The minimum absolute atomic E-state index is 0.0968. The van der Waals surface area contributed by atoms with Crippen LogP contribution in [0.15, 0.2) is 77.7 Å². The molecule has 5 nitrogen and oxygen atoms in total. The first-order valence-corrected chi connectivity index (χ1v) is 12.6. The lowest BCUT2D eigenvalue weighted by Crippen LogP contribution is -2.38. The van der Waals surface area contributed by atoms with Crippen LogP contribution < -0.4 is 5.32 Å². The van der Waals surface area contributed by atoms with Crippen LogP contribution in [0.25, 0.3) is 0 Å². The summed E-state index contributed by atoms with van der Waals surface area (Å²) in [5, 5.41) is 2.85. The lowest BCUT2D eigenvalue weighted by Gasteiger charge is -2.31. The van der Waals surface area contributed by atoms with E-state index in [1.807, 2.05) is 18.2 Å². The van der Waals surface area contributed by atoms with Crippen molar-refractivity contribution in [1.29, 1.82) is 0 Å². The number of halogens is 2. The zero-order valence-electron chi connectivity index (χ0n) is 17.9. The second-order valence-electron chi connectivity index (χ2n) is 8.14. The molecule has 0 spiro atoms. The summed E-state index contributed by atoms with van der Waals surface area (Å²) in [6.07, 6.45) is 2.43. The summed E-state index contributed by atoms with van der Waals surface area (Å²) in [4.78, 5) is 12.2. The SMILES string of the molecule is O=C(Nc1ccc(S(=O)(=O)N2CCC(Cc3ccccc3)CC2)cc1F)c1cccc(Cl)c1. The Bertz CT molecular complexity index is 1240. The van der Waals surface area contributed by atoms with Gasteiger partial charge in [0.2, 0.25) is 10.0 Å². The monoisotopic (exact) mass is 486 g/mol. The summed E-state index contributed by atoms with van der Waals surface area (Å²) >= 11 is 5.89. The van der Waals surface area contributed by atoms with E-state index >= 15 is 0 Å². The fourth-order valence-corrected chi connectivity index (χ4v) is 5.70. The van der Waals surface area contributed by atoms with Gasteiger partial charge in [-0.25, -0.2) is 12.8 Å². The van der Waals surface area contributed by atoms with E-state index in [0.29, 0.717) is 24.0 Å². The summed E-state index contributed by atoms with van der Waals surface area (Å²) in [5.41, 5.74) is 1.42. The molecule has 1 N–H and O–H groups in total. The molecular weight excluding hydrogens is 463 g/mol. The van der Waals surface area contributed by atoms with E-state index < -0.39 is 21.7 Å². The van der Waals surface area contributed by atoms with Crippen LogP contribution in [0.5, 0.6) is 0 Å². The van der Waals surface area contributed by atoms with Gasteiger partial charge in [-0.2, -0.15) is 4.31 Å². The van der Waals surface area contributed by atoms with Crippen molar-refractivity contribution in [2.45, 2.75) is 24.2 Å². The molecule has 0 radical (unpaired) electrons. The average Bonchev–Trinajstić information content (AvgIpc) is 2.81. The Morgan fingerprint density at radius 3 is 2.39 bits per heavy atom. The fraction of sp³-hybridized carbons (Fsp3) is 0.240. The molecule has 0 aromatic heterocycles. The van der Waals surface area contributed by atoms with E-state index in [1.165, 1.54) is 28.1 Å². The van der Waals surface area contributed by atoms with Gasteiger partial charge in [0.05, 0.1) is 10.6 Å². The molecule has 0 bridgehead atoms. The highest BCUT2D eigenvalue weighted by Gasteiger charge is 2.30. The Morgan fingerprint density at radius 2 is 1.73 bits per heavy atom. The Kier molecular flexibility index (Phi) is 7.12. The van der Waals surface area contributed by atoms with Crippen molar-refractivity contribution in [2.24, 2.45) is 5.92 Å². The first kappa shape index (κ1) is 23.4. The molecule has 0 unspecified atom stereocenters. The summed E-state index contributed by atoms with van der Waals surface area (Å²) in [6, 6.07) is 20.0. The first-order valence-electron chi connectivity index (χ1n) is 10.7. The molecule has 172 valence electrons. The average molecular weight is 487 g/mol. The number of sulfonamides is 1. The molecule has 0 saturated carbocycles. The number of rotatable bonds is 6. The lowest BCUT2D eigenvalue weighted by molar-refractivity contribution is 0.102. The molecule has 3 aromatic carbocycles. The van der Waals surface area contributed by atoms with Gasteiger partial charge in [-0.15, -0.1) is 0 Å². The topological polar surface area (TPSA) is 66.5 Å². The molecule has 1 aliphatic heterocycles. The number of piperidine rings is 1. The van der Waals surface area contributed by atoms with Gasteiger partial charge in [0.25, 0.3) is 5.91 Å². The quantitative estimate of drug-likeness (QED) is 0.509. The van der Waals surface area contributed by atoms with E-state index in [4.69, 9.17) is 11.6 Å². The Labute approximate surface area is 198 Å². The highest BCUT2D eigenvalue weighted by Crippen LogP contribution is 2.28. The minimum Gasteiger partial charge on any atom is -0.319 e. The van der Waals surface area contributed by atoms with Gasteiger partial charge in [0.15, 0.2) is 0 Å².